The Balaban J connectivity index is 0. The van der Waals surface area contributed by atoms with Crippen LogP contribution < -0.4 is 0 Å². The molecule has 4 N–H and O–H groups in total. The molecule has 219 valence electrons. The molecule has 0 saturated heterocycles. The van der Waals surface area contributed by atoms with Crippen molar-refractivity contribution in [1.29, 1.82) is 0 Å². The van der Waals surface area contributed by atoms with Gasteiger partial charge in [-0.3, -0.25) is 9.59 Å². The van der Waals surface area contributed by atoms with Crippen LogP contribution in [-0.4, -0.2) is 92.5 Å². The minimum atomic E-state index is -2.74. The van der Waals surface area contributed by atoms with Crippen LogP contribution in [0.5, 0.6) is 0 Å². The Morgan fingerprint density at radius 2 is 1.03 bits per heavy atom. The number of esters is 2. The largest absolute Gasteiger partial charge is 1.20 e. The first-order valence-corrected chi connectivity index (χ1v) is 16.2. The maximum absolute atomic E-state index is 9.51. The Bertz CT molecular complexity index is 876. The van der Waals surface area contributed by atoms with Gasteiger partial charge in [0.15, 0.2) is 13.2 Å². The molecule has 0 aromatic carbocycles. The lowest BCUT2D eigenvalue weighted by Gasteiger charge is -2.26. The van der Waals surface area contributed by atoms with Gasteiger partial charge in [0, 0.05) is 5.76 Å². The molecule has 11 nitrogen and oxygen atoms in total. The monoisotopic (exact) mass is 588 g/mol. The summed E-state index contributed by atoms with van der Waals surface area (Å²) >= 11 is -4.34. The second kappa shape index (κ2) is 23.4. The molecule has 0 aliphatic rings. The Morgan fingerprint density at radius 1 is 0.641 bits per heavy atom. The van der Waals surface area contributed by atoms with E-state index in [1.807, 2.05) is 12.7 Å². The van der Waals surface area contributed by atoms with Crippen molar-refractivity contribution in [2.75, 3.05) is 19.8 Å². The second-order valence-corrected chi connectivity index (χ2v) is 11.0. The molecule has 0 rings (SSSR count). The summed E-state index contributed by atoms with van der Waals surface area (Å²) in [5, 5.41) is 0. The molecule has 0 aromatic heterocycles. The Hall–Kier alpha value is -2.54. The zero-order valence-electron chi connectivity index (χ0n) is 24.9. The van der Waals surface area contributed by atoms with Gasteiger partial charge in [0.1, 0.15) is 12.2 Å². The fraction of sp³-hybridized carbons (Fsp3) is 0.538. The molecule has 0 spiro atoms. The first-order chi connectivity index (χ1) is 18.2. The summed E-state index contributed by atoms with van der Waals surface area (Å²) in [6, 6.07) is 0. The molecule has 0 aliphatic heterocycles. The molecule has 0 fully saturated rings. The lowest BCUT2D eigenvalue weighted by Crippen LogP contribution is -2.26. The van der Waals surface area contributed by atoms with E-state index in [1.54, 1.807) is 34.6 Å². The quantitative estimate of drug-likeness (QED) is 0.0804. The maximum Gasteiger partial charge on any atom is 1.20 e. The number of hydrogen-bond acceptors (Lipinski definition) is 7. The number of carbonyl (C=O) groups excluding carboxylic acids is 4. The molecule has 0 unspecified atom stereocenters. The molecule has 39 heavy (non-hydrogen) atoms. The van der Waals surface area contributed by atoms with E-state index >= 15 is 0 Å². The minimum Gasteiger partial charge on any atom is -0.799 e. The van der Waals surface area contributed by atoms with Crippen molar-refractivity contribution in [3.05, 3.63) is 47.3 Å². The molecule has 0 bridgehead atoms. The minimum absolute atomic E-state index is 0.0848. The molecule has 0 atom stereocenters. The highest BCUT2D eigenvalue weighted by atomic mass is 27.3. The van der Waals surface area contributed by atoms with E-state index in [-0.39, 0.29) is 23.5 Å². The van der Waals surface area contributed by atoms with E-state index in [0.717, 1.165) is 13.0 Å². The molecule has 13 heteroatoms. The molecular formula is C26H46Al2O11+3. The van der Waals surface area contributed by atoms with Crippen molar-refractivity contribution in [2.45, 2.75) is 74.5 Å². The van der Waals surface area contributed by atoms with Gasteiger partial charge in [-0.2, -0.15) is 5.79 Å². The number of ether oxygens (including phenoxy) is 2. The van der Waals surface area contributed by atoms with E-state index in [2.05, 4.69) is 6.92 Å². The summed E-state index contributed by atoms with van der Waals surface area (Å²) < 4.78 is 37.5. The second-order valence-electron chi connectivity index (χ2n) is 8.04. The van der Waals surface area contributed by atoms with Gasteiger partial charge in [-0.25, -0.2) is 0 Å². The highest BCUT2D eigenvalue weighted by Gasteiger charge is 2.44. The standard InChI is InChI=1S/2C6H10O3.2C5H8O2.C3H7O.CH3.2Al/c2*1-3-9-6(8)4-5(2)7;2*1-4(6)3-5(2)7;1-2-3-4;;;/h2*4,7H,3H2,1-2H3;2*3,6H,1-2H3;2-3H2,1H3;1H3;;/q;;;;-1;;+1;+3. The lowest BCUT2D eigenvalue weighted by atomic mass is 10.4. The van der Waals surface area contributed by atoms with E-state index in [4.69, 9.17) is 28.4 Å². The number of hydrogen-bond donors (Lipinski definition) is 0. The lowest BCUT2D eigenvalue weighted by molar-refractivity contribution is 0.183. The van der Waals surface area contributed by atoms with E-state index < -0.39 is 30.0 Å². The van der Waals surface area contributed by atoms with Crippen LogP contribution in [0.2, 0.25) is 5.79 Å². The van der Waals surface area contributed by atoms with Crippen LogP contribution in [0.25, 0.3) is 0 Å². The third-order valence-electron chi connectivity index (χ3n) is 3.82. The molecule has 0 aromatic rings. The third-order valence-corrected chi connectivity index (χ3v) is 6.92. The zero-order chi connectivity index (χ0) is 30.4. The molecule has 1 radical (unpaired) electrons. The topological polar surface area (TPSA) is 150 Å². The Labute approximate surface area is 242 Å². The molecule has 0 saturated carbocycles. The van der Waals surface area contributed by atoms with Gasteiger partial charge in [-0.05, 0) is 54.6 Å². The normalized spacial score (nSPS) is 12.1. The van der Waals surface area contributed by atoms with Crippen molar-refractivity contribution in [1.82, 2.24) is 0 Å². The average molecular weight is 589 g/mol. The number of allylic oxidation sites excluding steroid dienone is 6. The summed E-state index contributed by atoms with van der Waals surface area (Å²) in [7, 11) is 0. The highest BCUT2D eigenvalue weighted by molar-refractivity contribution is 6.42. The molecule has 0 heterocycles. The predicted molar refractivity (Wildman–Crippen MR) is 155 cm³/mol. The van der Waals surface area contributed by atoms with Crippen LogP contribution in [0.15, 0.2) is 47.3 Å². The van der Waals surface area contributed by atoms with Gasteiger partial charge in [-0.1, -0.05) is 6.92 Å². The zero-order valence-corrected chi connectivity index (χ0v) is 27.2. The Kier molecular flexibility index (Phi) is 23.1. The van der Waals surface area contributed by atoms with Gasteiger partial charge in [-0.15, -0.1) is 0 Å². The van der Waals surface area contributed by atoms with Crippen molar-refractivity contribution < 1.29 is 47.6 Å². The third kappa shape index (κ3) is 25.5. The van der Waals surface area contributed by atoms with Crippen molar-refractivity contribution >= 4 is 53.5 Å². The van der Waals surface area contributed by atoms with E-state index in [9.17, 15) is 19.2 Å². The summed E-state index contributed by atoms with van der Waals surface area (Å²) in [5.41, 5.74) is 0. The fourth-order valence-corrected chi connectivity index (χ4v) is 5.04. The van der Waals surface area contributed by atoms with Crippen molar-refractivity contribution in [3.63, 3.8) is 0 Å². The first-order valence-electron chi connectivity index (χ1n) is 12.7. The summed E-state index contributed by atoms with van der Waals surface area (Å²) in [5.74, 6) is 3.51. The van der Waals surface area contributed by atoms with Crippen LogP contribution in [-0.2, 0) is 28.4 Å². The Morgan fingerprint density at radius 3 is 1.38 bits per heavy atom. The van der Waals surface area contributed by atoms with Crippen molar-refractivity contribution in [2.24, 2.45) is 0 Å². The number of rotatable bonds is 17. The summed E-state index contributed by atoms with van der Waals surface area (Å²) in [6.07, 6.45) is 6.61. The van der Waals surface area contributed by atoms with Gasteiger partial charge < -0.3 is 38.0 Å². The fourth-order valence-electron chi connectivity index (χ4n) is 2.56. The van der Waals surface area contributed by atoms with Crippen LogP contribution in [0.4, 0.5) is 0 Å². The van der Waals surface area contributed by atoms with E-state index in [0.29, 0.717) is 36.3 Å². The summed E-state index contributed by atoms with van der Waals surface area (Å²) in [4.78, 5) is 37.3. The van der Waals surface area contributed by atoms with Gasteiger partial charge >= 0.3 is 53.5 Å². The van der Waals surface area contributed by atoms with Gasteiger partial charge in [0.25, 0.3) is 0 Å². The van der Waals surface area contributed by atoms with Crippen molar-refractivity contribution in [3.8, 4) is 0 Å². The van der Waals surface area contributed by atoms with Crippen LogP contribution in [0, 0.1) is 0 Å². The highest BCUT2D eigenvalue weighted by Crippen LogP contribution is 2.11. The van der Waals surface area contributed by atoms with Crippen LogP contribution in [0.1, 0.15) is 68.7 Å². The van der Waals surface area contributed by atoms with Gasteiger partial charge in [0.05, 0.1) is 43.3 Å². The smallest absolute Gasteiger partial charge is 0.799 e. The molecule has 0 amide bonds. The van der Waals surface area contributed by atoms with E-state index in [1.165, 1.54) is 38.2 Å². The number of ketones is 2. The van der Waals surface area contributed by atoms with Gasteiger partial charge in [0.2, 0.25) is 0 Å². The summed E-state index contributed by atoms with van der Waals surface area (Å²) in [6.45, 7) is 16.8. The first kappa shape index (κ1) is 38.6. The average Bonchev–Trinajstić information content (AvgIpc) is 2.76. The molecular weight excluding hydrogens is 542 g/mol. The van der Waals surface area contributed by atoms with Crippen LogP contribution >= 0.6 is 0 Å². The molecule has 0 aliphatic carbocycles. The SMILES string of the molecule is CCC[O][Al-]([CH3])[O]C(C)=CC(=[OH+])OCC.CCOC(=[OH+])C=C(C)[O][Al]([O]C(C)=CC(C)=[OH+])[O]C(C)=CC(C)=[OH+]. The van der Waals surface area contributed by atoms with Crippen LogP contribution in [0.3, 0.4) is 0 Å². The predicted octanol–water partition coefficient (Wildman–Crippen LogP) is 4.39. The maximum atomic E-state index is 9.51.